The van der Waals surface area contributed by atoms with E-state index in [0.717, 1.165) is 0 Å². The summed E-state index contributed by atoms with van der Waals surface area (Å²) in [7, 11) is 1.50. The van der Waals surface area contributed by atoms with E-state index in [2.05, 4.69) is 5.32 Å². The number of carbonyl (C=O) groups excluding carboxylic acids is 2. The first-order valence-electron chi connectivity index (χ1n) is 8.68. The predicted molar refractivity (Wildman–Crippen MR) is 103 cm³/mol. The van der Waals surface area contributed by atoms with Crippen molar-refractivity contribution in [1.29, 1.82) is 0 Å². The van der Waals surface area contributed by atoms with Gasteiger partial charge in [0, 0.05) is 22.3 Å². The number of esters is 1. The summed E-state index contributed by atoms with van der Waals surface area (Å²) in [6.45, 7) is 2.44. The molecular weight excluding hydrogens is 386 g/mol. The van der Waals surface area contributed by atoms with Gasteiger partial charge >= 0.3 is 5.97 Å². The molecule has 148 valence electrons. The second-order valence-corrected chi connectivity index (χ2v) is 6.55. The lowest BCUT2D eigenvalue weighted by molar-refractivity contribution is -0.152. The highest BCUT2D eigenvalue weighted by Gasteiger charge is 2.20. The Bertz CT molecular complexity index is 885. The fourth-order valence-corrected chi connectivity index (χ4v) is 2.89. The average Bonchev–Trinajstić information content (AvgIpc) is 2.68. The molecule has 0 aliphatic carbocycles. The molecule has 0 fully saturated rings. The minimum absolute atomic E-state index is 0.0641. The number of nitrogens with one attached hydrogen (secondary N) is 1. The molecule has 0 saturated carbocycles. The summed E-state index contributed by atoms with van der Waals surface area (Å²) in [5.41, 5.74) is 1.10. The third kappa shape index (κ3) is 4.86. The summed E-state index contributed by atoms with van der Waals surface area (Å²) in [5.74, 6) is 0.684. The van der Waals surface area contributed by atoms with Crippen molar-refractivity contribution in [3.63, 3.8) is 0 Å². The zero-order valence-corrected chi connectivity index (χ0v) is 16.2. The van der Waals surface area contributed by atoms with E-state index in [1.54, 1.807) is 36.4 Å². The van der Waals surface area contributed by atoms with Crippen molar-refractivity contribution in [3.05, 3.63) is 47.0 Å². The summed E-state index contributed by atoms with van der Waals surface area (Å²) >= 11 is 5.96. The standard InChI is InChI=1S/C20H20ClNO6/c1-12(28-19(23)10-13-9-14(21)3-5-16(13)25-2)20(24)22-15-4-6-17-18(11-15)27-8-7-26-17/h3-6,9,11-12H,7-8,10H2,1-2H3,(H,22,24)/t12-/m0/s1. The van der Waals surface area contributed by atoms with E-state index >= 15 is 0 Å². The molecule has 1 heterocycles. The van der Waals surface area contributed by atoms with Crippen LogP contribution in [0.1, 0.15) is 12.5 Å². The van der Waals surface area contributed by atoms with E-state index in [0.29, 0.717) is 46.7 Å². The van der Waals surface area contributed by atoms with Crippen LogP contribution in [0.4, 0.5) is 5.69 Å². The van der Waals surface area contributed by atoms with Crippen molar-refractivity contribution in [2.75, 3.05) is 25.6 Å². The van der Waals surface area contributed by atoms with Gasteiger partial charge in [0.25, 0.3) is 5.91 Å². The van der Waals surface area contributed by atoms with Crippen LogP contribution < -0.4 is 19.5 Å². The Kier molecular flexibility index (Phi) is 6.26. The van der Waals surface area contributed by atoms with E-state index in [4.69, 9.17) is 30.5 Å². The molecule has 1 atom stereocenters. The van der Waals surface area contributed by atoms with Crippen LogP contribution in [0, 0.1) is 0 Å². The monoisotopic (exact) mass is 405 g/mol. The molecule has 1 aliphatic heterocycles. The number of hydrogen-bond acceptors (Lipinski definition) is 6. The number of methoxy groups -OCH3 is 1. The zero-order valence-electron chi connectivity index (χ0n) is 15.5. The van der Waals surface area contributed by atoms with Crippen LogP contribution in [0.15, 0.2) is 36.4 Å². The number of halogens is 1. The van der Waals surface area contributed by atoms with E-state index in [-0.39, 0.29) is 6.42 Å². The van der Waals surface area contributed by atoms with Gasteiger partial charge in [0.2, 0.25) is 0 Å². The Balaban J connectivity index is 1.58. The molecule has 0 spiro atoms. The maximum absolute atomic E-state index is 12.3. The van der Waals surface area contributed by atoms with Crippen LogP contribution >= 0.6 is 11.6 Å². The Morgan fingerprint density at radius 3 is 2.64 bits per heavy atom. The minimum Gasteiger partial charge on any atom is -0.496 e. The van der Waals surface area contributed by atoms with Crippen LogP contribution in [0.25, 0.3) is 0 Å². The van der Waals surface area contributed by atoms with Gasteiger partial charge in [0.15, 0.2) is 17.6 Å². The van der Waals surface area contributed by atoms with Gasteiger partial charge < -0.3 is 24.3 Å². The van der Waals surface area contributed by atoms with Crippen LogP contribution in [0.5, 0.6) is 17.2 Å². The molecule has 7 nitrogen and oxygen atoms in total. The topological polar surface area (TPSA) is 83.1 Å². The second kappa shape index (κ2) is 8.84. The van der Waals surface area contributed by atoms with Crippen molar-refractivity contribution in [3.8, 4) is 17.2 Å². The molecule has 2 aromatic carbocycles. The zero-order chi connectivity index (χ0) is 20.1. The van der Waals surface area contributed by atoms with Crippen LogP contribution in [-0.4, -0.2) is 38.3 Å². The molecule has 3 rings (SSSR count). The summed E-state index contributed by atoms with van der Waals surface area (Å²) in [6, 6.07) is 10.0. The van der Waals surface area contributed by atoms with Crippen LogP contribution in [-0.2, 0) is 20.7 Å². The van der Waals surface area contributed by atoms with Gasteiger partial charge in [-0.1, -0.05) is 11.6 Å². The highest BCUT2D eigenvalue weighted by molar-refractivity contribution is 6.30. The molecule has 1 amide bonds. The number of anilines is 1. The highest BCUT2D eigenvalue weighted by Crippen LogP contribution is 2.32. The first-order valence-corrected chi connectivity index (χ1v) is 9.06. The molecule has 0 aromatic heterocycles. The third-order valence-electron chi connectivity index (χ3n) is 4.06. The van der Waals surface area contributed by atoms with E-state index in [1.807, 2.05) is 0 Å². The van der Waals surface area contributed by atoms with Gasteiger partial charge in [-0.25, -0.2) is 0 Å². The predicted octanol–water partition coefficient (Wildman–Crippen LogP) is 3.23. The van der Waals surface area contributed by atoms with Gasteiger partial charge in [0.05, 0.1) is 13.5 Å². The maximum atomic E-state index is 12.3. The fraction of sp³-hybridized carbons (Fsp3) is 0.300. The lowest BCUT2D eigenvalue weighted by Crippen LogP contribution is -2.30. The number of rotatable bonds is 6. The Labute approximate surface area is 167 Å². The Morgan fingerprint density at radius 2 is 1.89 bits per heavy atom. The second-order valence-electron chi connectivity index (χ2n) is 6.11. The molecule has 2 aromatic rings. The van der Waals surface area contributed by atoms with Gasteiger partial charge in [0.1, 0.15) is 19.0 Å². The lowest BCUT2D eigenvalue weighted by atomic mass is 10.1. The third-order valence-corrected chi connectivity index (χ3v) is 4.30. The van der Waals surface area contributed by atoms with Crippen molar-refractivity contribution < 1.29 is 28.5 Å². The minimum atomic E-state index is -0.981. The Hall–Kier alpha value is -2.93. The molecule has 0 saturated heterocycles. The van der Waals surface area contributed by atoms with E-state index in [1.165, 1.54) is 14.0 Å². The van der Waals surface area contributed by atoms with E-state index < -0.39 is 18.0 Å². The molecule has 8 heteroatoms. The van der Waals surface area contributed by atoms with Gasteiger partial charge in [-0.15, -0.1) is 0 Å². The van der Waals surface area contributed by atoms with Gasteiger partial charge in [-0.3, -0.25) is 9.59 Å². The SMILES string of the molecule is COc1ccc(Cl)cc1CC(=O)O[C@@H](C)C(=O)Nc1ccc2c(c1)OCCO2. The lowest BCUT2D eigenvalue weighted by Gasteiger charge is -2.19. The quantitative estimate of drug-likeness (QED) is 0.743. The number of fused-ring (bicyclic) bond motifs is 1. The van der Waals surface area contributed by atoms with Crippen molar-refractivity contribution >= 4 is 29.2 Å². The van der Waals surface area contributed by atoms with Crippen LogP contribution in [0.2, 0.25) is 5.02 Å². The normalized spacial score (nSPS) is 13.4. The van der Waals surface area contributed by atoms with E-state index in [9.17, 15) is 9.59 Å². The first-order chi connectivity index (χ1) is 13.5. The summed E-state index contributed by atoms with van der Waals surface area (Å²) in [4.78, 5) is 24.6. The number of carbonyl (C=O) groups is 2. The van der Waals surface area contributed by atoms with Crippen LogP contribution in [0.3, 0.4) is 0 Å². The number of benzene rings is 2. The van der Waals surface area contributed by atoms with Crippen molar-refractivity contribution in [1.82, 2.24) is 0 Å². The first kappa shape index (κ1) is 19.8. The molecule has 1 aliphatic rings. The number of ether oxygens (including phenoxy) is 4. The molecule has 28 heavy (non-hydrogen) atoms. The van der Waals surface area contributed by atoms with Crippen molar-refractivity contribution in [2.24, 2.45) is 0 Å². The van der Waals surface area contributed by atoms with Crippen molar-refractivity contribution in [2.45, 2.75) is 19.4 Å². The smallest absolute Gasteiger partial charge is 0.311 e. The number of amides is 1. The highest BCUT2D eigenvalue weighted by atomic mass is 35.5. The Morgan fingerprint density at radius 1 is 1.14 bits per heavy atom. The average molecular weight is 406 g/mol. The molecule has 0 radical (unpaired) electrons. The summed E-state index contributed by atoms with van der Waals surface area (Å²) in [5, 5.41) is 3.17. The van der Waals surface area contributed by atoms with Gasteiger partial charge in [-0.05, 0) is 37.3 Å². The fourth-order valence-electron chi connectivity index (χ4n) is 2.70. The molecule has 0 unspecified atom stereocenters. The van der Waals surface area contributed by atoms with Gasteiger partial charge in [-0.2, -0.15) is 0 Å². The summed E-state index contributed by atoms with van der Waals surface area (Å²) in [6.07, 6.45) is -1.04. The maximum Gasteiger partial charge on any atom is 0.311 e. The number of hydrogen-bond donors (Lipinski definition) is 1. The molecule has 1 N–H and O–H groups in total. The molecule has 0 bridgehead atoms. The molecular formula is C20H20ClNO6. The summed E-state index contributed by atoms with van der Waals surface area (Å²) < 4.78 is 21.4. The largest absolute Gasteiger partial charge is 0.496 e.